The highest BCUT2D eigenvalue weighted by Gasteiger charge is 2.15. The third kappa shape index (κ3) is 5.04. The van der Waals surface area contributed by atoms with Crippen molar-refractivity contribution in [3.8, 4) is 0 Å². The van der Waals surface area contributed by atoms with Crippen LogP contribution >= 0.6 is 15.9 Å². The Bertz CT molecular complexity index is 745. The molecule has 0 saturated heterocycles. The molecule has 0 aliphatic carbocycles. The van der Waals surface area contributed by atoms with E-state index in [1.165, 1.54) is 0 Å². The lowest BCUT2D eigenvalue weighted by atomic mass is 10.1. The summed E-state index contributed by atoms with van der Waals surface area (Å²) in [6, 6.07) is 16.1. The molecule has 0 heterocycles. The maximum atomic E-state index is 12.4. The summed E-state index contributed by atoms with van der Waals surface area (Å²) in [6.07, 6.45) is 1.58. The predicted molar refractivity (Wildman–Crippen MR) is 96.1 cm³/mol. The zero-order valence-corrected chi connectivity index (χ0v) is 14.4. The molecule has 0 aliphatic rings. The highest BCUT2D eigenvalue weighted by molar-refractivity contribution is 9.10. The Labute approximate surface area is 148 Å². The minimum absolute atomic E-state index is 0.107. The molecule has 2 rings (SSSR count). The zero-order chi connectivity index (χ0) is 17.4. The van der Waals surface area contributed by atoms with Crippen molar-refractivity contribution in [3.63, 3.8) is 0 Å². The number of carbonyl (C=O) groups is 2. The average Bonchev–Trinajstić information content (AvgIpc) is 2.60. The highest BCUT2D eigenvalue weighted by atomic mass is 79.9. The molecule has 2 aromatic rings. The minimum Gasteiger partial charge on any atom is -0.395 e. The fourth-order valence-corrected chi connectivity index (χ4v) is 2.44. The highest BCUT2D eigenvalue weighted by Crippen LogP contribution is 2.16. The SMILES string of the molecule is O=C(NCCO)C(=Cc1ccccc1)NC(=O)c1ccccc1Br. The molecule has 0 atom stereocenters. The largest absolute Gasteiger partial charge is 0.395 e. The molecule has 0 radical (unpaired) electrons. The third-order valence-corrected chi connectivity index (χ3v) is 3.81. The van der Waals surface area contributed by atoms with Crippen LogP contribution in [0, 0.1) is 0 Å². The molecule has 124 valence electrons. The van der Waals surface area contributed by atoms with Gasteiger partial charge in [-0.1, -0.05) is 42.5 Å². The maximum Gasteiger partial charge on any atom is 0.267 e. The Morgan fingerprint density at radius 1 is 1.04 bits per heavy atom. The standard InChI is InChI=1S/C18H17BrN2O3/c19-15-9-5-4-8-14(15)17(23)21-16(18(24)20-10-11-22)12-13-6-2-1-3-7-13/h1-9,12,22H,10-11H2,(H,20,24)(H,21,23). The van der Waals surface area contributed by atoms with Gasteiger partial charge in [0.25, 0.3) is 11.8 Å². The van der Waals surface area contributed by atoms with Gasteiger partial charge in [0.15, 0.2) is 0 Å². The molecular weight excluding hydrogens is 372 g/mol. The molecule has 0 fully saturated rings. The molecule has 0 aromatic heterocycles. The quantitative estimate of drug-likeness (QED) is 0.664. The fourth-order valence-electron chi connectivity index (χ4n) is 1.97. The Balaban J connectivity index is 2.26. The van der Waals surface area contributed by atoms with E-state index in [0.717, 1.165) is 5.56 Å². The summed E-state index contributed by atoms with van der Waals surface area (Å²) < 4.78 is 0.636. The van der Waals surface area contributed by atoms with Crippen LogP contribution in [-0.4, -0.2) is 30.1 Å². The van der Waals surface area contributed by atoms with Crippen molar-refractivity contribution in [1.29, 1.82) is 0 Å². The van der Waals surface area contributed by atoms with Crippen molar-refractivity contribution in [2.24, 2.45) is 0 Å². The monoisotopic (exact) mass is 388 g/mol. The van der Waals surface area contributed by atoms with Crippen LogP contribution < -0.4 is 10.6 Å². The van der Waals surface area contributed by atoms with Crippen LogP contribution in [0.15, 0.2) is 64.8 Å². The number of hydrogen-bond acceptors (Lipinski definition) is 3. The Kier molecular flexibility index (Phi) is 6.72. The summed E-state index contributed by atoms with van der Waals surface area (Å²) in [5.74, 6) is -0.864. The van der Waals surface area contributed by atoms with Gasteiger partial charge < -0.3 is 15.7 Å². The molecule has 0 saturated carbocycles. The normalized spacial score (nSPS) is 11.0. The second kappa shape index (κ2) is 9.00. The fraction of sp³-hybridized carbons (Fsp3) is 0.111. The van der Waals surface area contributed by atoms with E-state index in [2.05, 4.69) is 26.6 Å². The van der Waals surface area contributed by atoms with Crippen LogP contribution in [0.1, 0.15) is 15.9 Å². The number of benzene rings is 2. The summed E-state index contributed by atoms with van der Waals surface area (Å²) >= 11 is 3.32. The van der Waals surface area contributed by atoms with Gasteiger partial charge >= 0.3 is 0 Å². The summed E-state index contributed by atoms with van der Waals surface area (Å²) in [7, 11) is 0. The van der Waals surface area contributed by atoms with Crippen molar-refractivity contribution in [2.75, 3.05) is 13.2 Å². The molecular formula is C18H17BrN2O3. The summed E-state index contributed by atoms with van der Waals surface area (Å²) in [5, 5.41) is 14.0. The number of aliphatic hydroxyl groups excluding tert-OH is 1. The minimum atomic E-state index is -0.465. The first kappa shape index (κ1) is 17.9. The van der Waals surface area contributed by atoms with Crippen molar-refractivity contribution < 1.29 is 14.7 Å². The summed E-state index contributed by atoms with van der Waals surface area (Å²) in [5.41, 5.74) is 1.31. The summed E-state index contributed by atoms with van der Waals surface area (Å²) in [4.78, 5) is 24.7. The maximum absolute atomic E-state index is 12.4. The second-order valence-corrected chi connectivity index (χ2v) is 5.74. The molecule has 24 heavy (non-hydrogen) atoms. The van der Waals surface area contributed by atoms with Gasteiger partial charge in [0, 0.05) is 11.0 Å². The van der Waals surface area contributed by atoms with Gasteiger partial charge in [0.05, 0.1) is 12.2 Å². The number of nitrogens with one attached hydrogen (secondary N) is 2. The first-order valence-electron chi connectivity index (χ1n) is 7.33. The zero-order valence-electron chi connectivity index (χ0n) is 12.8. The van der Waals surface area contributed by atoms with E-state index in [-0.39, 0.29) is 18.8 Å². The second-order valence-electron chi connectivity index (χ2n) is 4.88. The molecule has 0 spiro atoms. The smallest absolute Gasteiger partial charge is 0.267 e. The van der Waals surface area contributed by atoms with E-state index in [1.54, 1.807) is 30.3 Å². The first-order chi connectivity index (χ1) is 11.6. The number of carbonyl (C=O) groups excluding carboxylic acids is 2. The Morgan fingerprint density at radius 2 is 1.71 bits per heavy atom. The van der Waals surface area contributed by atoms with Crippen LogP contribution in [0.4, 0.5) is 0 Å². The molecule has 2 aromatic carbocycles. The number of aliphatic hydroxyl groups is 1. The van der Waals surface area contributed by atoms with E-state index >= 15 is 0 Å². The number of hydrogen-bond donors (Lipinski definition) is 3. The van der Waals surface area contributed by atoms with Crippen molar-refractivity contribution in [1.82, 2.24) is 10.6 Å². The number of halogens is 1. The third-order valence-electron chi connectivity index (χ3n) is 3.12. The van der Waals surface area contributed by atoms with Gasteiger partial charge in [0.1, 0.15) is 5.70 Å². The van der Waals surface area contributed by atoms with Crippen LogP contribution in [0.5, 0.6) is 0 Å². The lowest BCUT2D eigenvalue weighted by Crippen LogP contribution is -2.36. The van der Waals surface area contributed by atoms with Crippen molar-refractivity contribution >= 4 is 33.8 Å². The van der Waals surface area contributed by atoms with E-state index in [9.17, 15) is 9.59 Å². The molecule has 5 nitrogen and oxygen atoms in total. The van der Waals surface area contributed by atoms with E-state index < -0.39 is 11.8 Å². The Morgan fingerprint density at radius 3 is 2.38 bits per heavy atom. The molecule has 6 heteroatoms. The Hall–Kier alpha value is -2.44. The average molecular weight is 389 g/mol. The molecule has 3 N–H and O–H groups in total. The molecule has 0 unspecified atom stereocenters. The molecule has 2 amide bonds. The van der Waals surface area contributed by atoms with Crippen molar-refractivity contribution in [2.45, 2.75) is 0 Å². The van der Waals surface area contributed by atoms with Gasteiger partial charge in [-0.25, -0.2) is 0 Å². The lowest BCUT2D eigenvalue weighted by Gasteiger charge is -2.11. The van der Waals surface area contributed by atoms with Crippen LogP contribution in [0.3, 0.4) is 0 Å². The lowest BCUT2D eigenvalue weighted by molar-refractivity contribution is -0.117. The molecule has 0 bridgehead atoms. The van der Waals surface area contributed by atoms with Gasteiger partial charge in [-0.15, -0.1) is 0 Å². The van der Waals surface area contributed by atoms with E-state index in [1.807, 2.05) is 30.3 Å². The van der Waals surface area contributed by atoms with Gasteiger partial charge in [-0.2, -0.15) is 0 Å². The van der Waals surface area contributed by atoms with Crippen LogP contribution in [0.25, 0.3) is 6.08 Å². The van der Waals surface area contributed by atoms with Crippen LogP contribution in [0.2, 0.25) is 0 Å². The number of amides is 2. The van der Waals surface area contributed by atoms with E-state index in [0.29, 0.717) is 10.0 Å². The van der Waals surface area contributed by atoms with Gasteiger partial charge in [0.2, 0.25) is 0 Å². The van der Waals surface area contributed by atoms with Gasteiger partial charge in [-0.3, -0.25) is 9.59 Å². The van der Waals surface area contributed by atoms with Crippen molar-refractivity contribution in [3.05, 3.63) is 75.9 Å². The predicted octanol–water partition coefficient (Wildman–Crippen LogP) is 2.33. The summed E-state index contributed by atoms with van der Waals surface area (Å²) in [6.45, 7) is -0.0710. The number of rotatable bonds is 6. The van der Waals surface area contributed by atoms with Crippen LogP contribution in [-0.2, 0) is 4.79 Å². The molecule has 0 aliphatic heterocycles. The van der Waals surface area contributed by atoms with E-state index in [4.69, 9.17) is 5.11 Å². The topological polar surface area (TPSA) is 78.4 Å². The first-order valence-corrected chi connectivity index (χ1v) is 8.13. The van der Waals surface area contributed by atoms with Gasteiger partial charge in [-0.05, 0) is 39.7 Å².